The summed E-state index contributed by atoms with van der Waals surface area (Å²) in [6.07, 6.45) is -0.442. The lowest BCUT2D eigenvalue weighted by molar-refractivity contribution is -0.0943. The maximum absolute atomic E-state index is 13.2. The highest BCUT2D eigenvalue weighted by Gasteiger charge is 2.19. The zero-order chi connectivity index (χ0) is 12.4. The largest absolute Gasteiger partial charge is 0.376 e. The van der Waals surface area contributed by atoms with Crippen LogP contribution in [0, 0.1) is 5.82 Å². The SMILES string of the molecule is O=c1[nH]c(Cl)c(F)c(=O)n1CC1COCCO1. The fraction of sp³-hybridized carbons (Fsp3) is 0.556. The summed E-state index contributed by atoms with van der Waals surface area (Å²) in [4.78, 5) is 25.0. The summed E-state index contributed by atoms with van der Waals surface area (Å²) in [5.41, 5.74) is -1.83. The van der Waals surface area contributed by atoms with Gasteiger partial charge in [0.15, 0.2) is 5.15 Å². The monoisotopic (exact) mass is 264 g/mol. The van der Waals surface area contributed by atoms with Crippen molar-refractivity contribution >= 4 is 11.6 Å². The van der Waals surface area contributed by atoms with Crippen LogP contribution in [0.2, 0.25) is 5.15 Å². The Balaban J connectivity index is 2.29. The molecule has 2 rings (SSSR count). The van der Waals surface area contributed by atoms with E-state index in [0.717, 1.165) is 0 Å². The zero-order valence-electron chi connectivity index (χ0n) is 8.74. The number of halogens is 2. The summed E-state index contributed by atoms with van der Waals surface area (Å²) in [5, 5.41) is -0.586. The van der Waals surface area contributed by atoms with Gasteiger partial charge in [0.25, 0.3) is 5.56 Å². The highest BCUT2D eigenvalue weighted by atomic mass is 35.5. The van der Waals surface area contributed by atoms with Crippen LogP contribution in [0.1, 0.15) is 0 Å². The minimum Gasteiger partial charge on any atom is -0.376 e. The van der Waals surface area contributed by atoms with Crippen molar-refractivity contribution in [3.8, 4) is 0 Å². The molecule has 1 aliphatic heterocycles. The Morgan fingerprint density at radius 3 is 2.88 bits per heavy atom. The van der Waals surface area contributed by atoms with Gasteiger partial charge in [0, 0.05) is 0 Å². The molecular formula is C9H10ClFN2O4. The molecule has 0 spiro atoms. The van der Waals surface area contributed by atoms with E-state index in [1.807, 2.05) is 4.98 Å². The van der Waals surface area contributed by atoms with Gasteiger partial charge in [-0.3, -0.25) is 14.3 Å². The normalized spacial score (nSPS) is 20.5. The first-order chi connectivity index (χ1) is 8.09. The van der Waals surface area contributed by atoms with Crippen LogP contribution in [0.3, 0.4) is 0 Å². The summed E-state index contributed by atoms with van der Waals surface area (Å²) in [5.74, 6) is -1.18. The molecule has 0 aromatic carbocycles. The molecule has 1 fully saturated rings. The molecule has 1 atom stereocenters. The average molecular weight is 265 g/mol. The molecule has 8 heteroatoms. The standard InChI is InChI=1S/C9H10ClFN2O4/c10-7-6(11)8(14)13(9(15)12-7)3-5-4-16-1-2-17-5/h5H,1-4H2,(H,12,15). The third kappa shape index (κ3) is 2.56. The number of ether oxygens (including phenoxy) is 2. The Bertz CT molecular complexity index is 521. The Kier molecular flexibility index (Phi) is 3.60. The predicted molar refractivity (Wildman–Crippen MR) is 56.8 cm³/mol. The number of hydrogen-bond acceptors (Lipinski definition) is 4. The third-order valence-corrected chi connectivity index (χ3v) is 2.62. The molecule has 1 aromatic rings. The van der Waals surface area contributed by atoms with E-state index in [-0.39, 0.29) is 13.2 Å². The van der Waals surface area contributed by atoms with Crippen molar-refractivity contribution in [3.05, 3.63) is 31.8 Å². The Morgan fingerprint density at radius 1 is 1.47 bits per heavy atom. The van der Waals surface area contributed by atoms with Gasteiger partial charge in [-0.25, -0.2) is 4.79 Å². The van der Waals surface area contributed by atoms with Crippen LogP contribution in [0.25, 0.3) is 0 Å². The van der Waals surface area contributed by atoms with Crippen LogP contribution in [-0.4, -0.2) is 35.5 Å². The van der Waals surface area contributed by atoms with E-state index < -0.39 is 28.3 Å². The van der Waals surface area contributed by atoms with Crippen LogP contribution in [0.4, 0.5) is 4.39 Å². The number of nitrogens with one attached hydrogen (secondary N) is 1. The summed E-state index contributed by atoms with van der Waals surface area (Å²) < 4.78 is 24.3. The lowest BCUT2D eigenvalue weighted by atomic mass is 10.3. The van der Waals surface area contributed by atoms with E-state index in [1.165, 1.54) is 0 Å². The first-order valence-electron chi connectivity index (χ1n) is 4.97. The van der Waals surface area contributed by atoms with Gasteiger partial charge in [-0.2, -0.15) is 4.39 Å². The lowest BCUT2D eigenvalue weighted by Gasteiger charge is -2.23. The second kappa shape index (κ2) is 4.99. The van der Waals surface area contributed by atoms with Crippen LogP contribution < -0.4 is 11.2 Å². The molecule has 0 aliphatic carbocycles. The van der Waals surface area contributed by atoms with Crippen LogP contribution in [0.5, 0.6) is 0 Å². The van der Waals surface area contributed by atoms with Gasteiger partial charge in [0.1, 0.15) is 0 Å². The first-order valence-corrected chi connectivity index (χ1v) is 5.35. The molecule has 2 heterocycles. The quantitative estimate of drug-likeness (QED) is 0.748. The smallest absolute Gasteiger partial charge is 0.329 e. The second-order valence-corrected chi connectivity index (χ2v) is 3.92. The fourth-order valence-electron chi connectivity index (χ4n) is 1.53. The molecule has 0 radical (unpaired) electrons. The van der Waals surface area contributed by atoms with Crippen LogP contribution in [0.15, 0.2) is 9.59 Å². The molecule has 1 N–H and O–H groups in total. The summed E-state index contributed by atoms with van der Waals surface area (Å²) in [6.45, 7) is 1.04. The Morgan fingerprint density at radius 2 is 2.24 bits per heavy atom. The number of hydrogen-bond donors (Lipinski definition) is 1. The molecular weight excluding hydrogens is 255 g/mol. The van der Waals surface area contributed by atoms with Gasteiger partial charge in [0.2, 0.25) is 5.82 Å². The molecule has 1 aromatic heterocycles. The van der Waals surface area contributed by atoms with Crippen molar-refractivity contribution in [2.24, 2.45) is 0 Å². The van der Waals surface area contributed by atoms with E-state index in [0.29, 0.717) is 17.8 Å². The Labute approximate surface area is 99.9 Å². The van der Waals surface area contributed by atoms with Crippen molar-refractivity contribution in [1.82, 2.24) is 9.55 Å². The lowest BCUT2D eigenvalue weighted by Crippen LogP contribution is -2.43. The van der Waals surface area contributed by atoms with E-state index in [4.69, 9.17) is 21.1 Å². The molecule has 0 amide bonds. The second-order valence-electron chi connectivity index (χ2n) is 3.54. The number of H-pyrrole nitrogens is 1. The fourth-order valence-corrected chi connectivity index (χ4v) is 1.69. The minimum absolute atomic E-state index is 0.0672. The van der Waals surface area contributed by atoms with Gasteiger partial charge < -0.3 is 9.47 Å². The summed E-state index contributed by atoms with van der Waals surface area (Å²) in [7, 11) is 0. The summed E-state index contributed by atoms with van der Waals surface area (Å²) in [6, 6.07) is 0. The van der Waals surface area contributed by atoms with Crippen LogP contribution >= 0.6 is 11.6 Å². The van der Waals surface area contributed by atoms with Gasteiger partial charge in [-0.15, -0.1) is 0 Å². The zero-order valence-corrected chi connectivity index (χ0v) is 9.50. The van der Waals surface area contributed by atoms with Crippen molar-refractivity contribution in [3.63, 3.8) is 0 Å². The molecule has 1 saturated heterocycles. The van der Waals surface area contributed by atoms with Gasteiger partial charge in [-0.1, -0.05) is 11.6 Å². The van der Waals surface area contributed by atoms with E-state index in [1.54, 1.807) is 0 Å². The van der Waals surface area contributed by atoms with Crippen molar-refractivity contribution in [1.29, 1.82) is 0 Å². The Hall–Kier alpha value is -1.18. The topological polar surface area (TPSA) is 73.3 Å². The van der Waals surface area contributed by atoms with E-state index >= 15 is 0 Å². The first kappa shape index (κ1) is 12.3. The number of rotatable bonds is 2. The van der Waals surface area contributed by atoms with Crippen molar-refractivity contribution in [2.75, 3.05) is 19.8 Å². The van der Waals surface area contributed by atoms with E-state index in [2.05, 4.69) is 0 Å². The highest BCUT2D eigenvalue weighted by Crippen LogP contribution is 2.04. The summed E-state index contributed by atoms with van der Waals surface area (Å²) >= 11 is 5.33. The molecule has 1 unspecified atom stereocenters. The maximum atomic E-state index is 13.2. The molecule has 17 heavy (non-hydrogen) atoms. The molecule has 94 valence electrons. The van der Waals surface area contributed by atoms with Crippen LogP contribution in [-0.2, 0) is 16.0 Å². The van der Waals surface area contributed by atoms with Crippen molar-refractivity contribution in [2.45, 2.75) is 12.6 Å². The van der Waals surface area contributed by atoms with Gasteiger partial charge >= 0.3 is 5.69 Å². The van der Waals surface area contributed by atoms with Crippen molar-refractivity contribution < 1.29 is 13.9 Å². The molecule has 1 aliphatic rings. The number of nitrogens with zero attached hydrogens (tertiary/aromatic N) is 1. The molecule has 0 saturated carbocycles. The van der Waals surface area contributed by atoms with E-state index in [9.17, 15) is 14.0 Å². The molecule has 6 nitrogen and oxygen atoms in total. The highest BCUT2D eigenvalue weighted by molar-refractivity contribution is 6.29. The predicted octanol–water partition coefficient (Wildman–Crippen LogP) is -0.256. The third-order valence-electron chi connectivity index (χ3n) is 2.36. The molecule has 0 bridgehead atoms. The van der Waals surface area contributed by atoms with Gasteiger partial charge in [0.05, 0.1) is 32.5 Å². The van der Waals surface area contributed by atoms with Gasteiger partial charge in [-0.05, 0) is 0 Å². The minimum atomic E-state index is -1.18. The number of aromatic amines is 1. The maximum Gasteiger partial charge on any atom is 0.329 e. The average Bonchev–Trinajstić information content (AvgIpc) is 2.33. The number of aromatic nitrogens is 2.